The summed E-state index contributed by atoms with van der Waals surface area (Å²) >= 11 is 1.48. The predicted molar refractivity (Wildman–Crippen MR) is 71.1 cm³/mol. The van der Waals surface area contributed by atoms with Crippen LogP contribution in [0.3, 0.4) is 0 Å². The maximum Gasteiger partial charge on any atom is 0.325 e. The molecule has 1 aromatic carbocycles. The monoisotopic (exact) mass is 266 g/mol. The molecule has 5 nitrogen and oxygen atoms in total. The maximum absolute atomic E-state index is 11.9. The van der Waals surface area contributed by atoms with E-state index in [1.807, 2.05) is 25.2 Å². The van der Waals surface area contributed by atoms with Crippen molar-refractivity contribution >= 4 is 35.0 Å². The van der Waals surface area contributed by atoms with E-state index < -0.39 is 5.97 Å². The number of ether oxygens (including phenoxy) is 1. The number of rotatable bonds is 3. The average molecular weight is 266 g/mol. The number of benzene rings is 1. The van der Waals surface area contributed by atoms with Crippen LogP contribution in [0.5, 0.6) is 0 Å². The Morgan fingerprint density at radius 3 is 3.00 bits per heavy atom. The van der Waals surface area contributed by atoms with Crippen LogP contribution < -0.4 is 10.2 Å². The molecule has 96 valence electrons. The number of hydrogen-bond acceptors (Lipinski definition) is 5. The Morgan fingerprint density at radius 1 is 1.56 bits per heavy atom. The van der Waals surface area contributed by atoms with Crippen LogP contribution in [0.1, 0.15) is 0 Å². The first-order chi connectivity index (χ1) is 8.65. The van der Waals surface area contributed by atoms with Crippen LogP contribution in [-0.2, 0) is 14.3 Å². The molecule has 0 saturated carbocycles. The second kappa shape index (κ2) is 5.30. The van der Waals surface area contributed by atoms with Gasteiger partial charge in [0.05, 0.1) is 18.6 Å². The highest BCUT2D eigenvalue weighted by molar-refractivity contribution is 8.00. The van der Waals surface area contributed by atoms with Gasteiger partial charge in [0.2, 0.25) is 5.91 Å². The second-order valence-corrected chi connectivity index (χ2v) is 4.79. The number of nitrogens with zero attached hydrogens (tertiary/aromatic N) is 1. The summed E-state index contributed by atoms with van der Waals surface area (Å²) in [7, 11) is 3.13. The molecule has 0 unspecified atom stereocenters. The molecule has 1 amide bonds. The van der Waals surface area contributed by atoms with E-state index >= 15 is 0 Å². The molecule has 0 fully saturated rings. The minimum atomic E-state index is -0.420. The number of methoxy groups -OCH3 is 1. The van der Waals surface area contributed by atoms with Gasteiger partial charge in [-0.15, -0.1) is 11.8 Å². The molecule has 0 atom stereocenters. The van der Waals surface area contributed by atoms with E-state index in [4.69, 9.17) is 0 Å². The lowest BCUT2D eigenvalue weighted by molar-refractivity contribution is -0.139. The number of fused-ring (bicyclic) bond motifs is 1. The number of carbonyl (C=O) groups is 2. The van der Waals surface area contributed by atoms with Gasteiger partial charge in [-0.25, -0.2) is 0 Å². The highest BCUT2D eigenvalue weighted by Crippen LogP contribution is 2.36. The van der Waals surface area contributed by atoms with E-state index in [1.165, 1.54) is 23.8 Å². The van der Waals surface area contributed by atoms with Crippen molar-refractivity contribution in [2.24, 2.45) is 0 Å². The largest absolute Gasteiger partial charge is 0.468 e. The van der Waals surface area contributed by atoms with Gasteiger partial charge in [0.15, 0.2) is 0 Å². The predicted octanol–water partition coefficient (Wildman–Crippen LogP) is 1.34. The Balaban J connectivity index is 2.35. The van der Waals surface area contributed by atoms with Crippen molar-refractivity contribution in [3.63, 3.8) is 0 Å². The van der Waals surface area contributed by atoms with Crippen molar-refractivity contribution in [2.75, 3.05) is 36.7 Å². The molecule has 1 aromatic rings. The summed E-state index contributed by atoms with van der Waals surface area (Å²) in [6.07, 6.45) is 0. The average Bonchev–Trinajstić information content (AvgIpc) is 2.41. The Hall–Kier alpha value is -1.69. The van der Waals surface area contributed by atoms with Crippen molar-refractivity contribution < 1.29 is 14.3 Å². The van der Waals surface area contributed by atoms with Gasteiger partial charge in [-0.05, 0) is 18.2 Å². The third-order valence-electron chi connectivity index (χ3n) is 2.71. The Morgan fingerprint density at radius 2 is 2.33 bits per heavy atom. The number of nitrogens with one attached hydrogen (secondary N) is 1. The molecule has 6 heteroatoms. The lowest BCUT2D eigenvalue weighted by atomic mass is 10.2. The molecule has 0 bridgehead atoms. The van der Waals surface area contributed by atoms with Gasteiger partial charge in [0, 0.05) is 17.6 Å². The molecule has 0 aromatic heterocycles. The zero-order valence-electron chi connectivity index (χ0n) is 10.2. The van der Waals surface area contributed by atoms with Crippen molar-refractivity contribution in [3.05, 3.63) is 18.2 Å². The lowest BCUT2D eigenvalue weighted by Crippen LogP contribution is -2.39. The van der Waals surface area contributed by atoms with E-state index in [0.717, 1.165) is 16.3 Å². The Kier molecular flexibility index (Phi) is 3.76. The van der Waals surface area contributed by atoms with Crippen molar-refractivity contribution in [3.8, 4) is 0 Å². The van der Waals surface area contributed by atoms with Gasteiger partial charge in [0.1, 0.15) is 6.54 Å². The first kappa shape index (κ1) is 12.8. The minimum absolute atomic E-state index is 0.0456. The summed E-state index contributed by atoms with van der Waals surface area (Å²) < 4.78 is 4.62. The first-order valence-electron chi connectivity index (χ1n) is 5.47. The third-order valence-corrected chi connectivity index (χ3v) is 3.75. The van der Waals surface area contributed by atoms with Crippen molar-refractivity contribution in [2.45, 2.75) is 4.90 Å². The minimum Gasteiger partial charge on any atom is -0.468 e. The number of thioether (sulfide) groups is 1. The Bertz CT molecular complexity index is 490. The molecule has 0 saturated heterocycles. The molecule has 0 spiro atoms. The summed E-state index contributed by atoms with van der Waals surface area (Å²) in [5.41, 5.74) is 1.66. The zero-order chi connectivity index (χ0) is 13.1. The normalized spacial score (nSPS) is 14.1. The summed E-state index contributed by atoms with van der Waals surface area (Å²) in [4.78, 5) is 25.7. The summed E-state index contributed by atoms with van der Waals surface area (Å²) in [6, 6.07) is 5.75. The molecule has 1 aliphatic heterocycles. The van der Waals surface area contributed by atoms with E-state index in [2.05, 4.69) is 10.1 Å². The number of carbonyl (C=O) groups excluding carboxylic acids is 2. The van der Waals surface area contributed by atoms with Gasteiger partial charge >= 0.3 is 5.97 Å². The van der Waals surface area contributed by atoms with Crippen LogP contribution >= 0.6 is 11.8 Å². The molecule has 1 N–H and O–H groups in total. The molecule has 1 heterocycles. The van der Waals surface area contributed by atoms with E-state index in [-0.39, 0.29) is 12.5 Å². The van der Waals surface area contributed by atoms with Crippen molar-refractivity contribution in [1.29, 1.82) is 0 Å². The SMILES string of the molecule is CNc1ccc2c(c1)N(CC(=O)OC)C(=O)CS2. The summed E-state index contributed by atoms with van der Waals surface area (Å²) in [5.74, 6) is -0.148. The summed E-state index contributed by atoms with van der Waals surface area (Å²) in [5, 5.41) is 3.02. The third kappa shape index (κ3) is 2.43. The van der Waals surface area contributed by atoms with Gasteiger partial charge in [-0.3, -0.25) is 14.5 Å². The molecule has 2 rings (SSSR count). The van der Waals surface area contributed by atoms with Crippen LogP contribution in [-0.4, -0.2) is 38.3 Å². The molecule has 18 heavy (non-hydrogen) atoms. The fourth-order valence-corrected chi connectivity index (χ4v) is 2.64. The van der Waals surface area contributed by atoms with Crippen molar-refractivity contribution in [1.82, 2.24) is 0 Å². The van der Waals surface area contributed by atoms with Gasteiger partial charge in [0.25, 0.3) is 0 Å². The maximum atomic E-state index is 11.9. The zero-order valence-corrected chi connectivity index (χ0v) is 11.0. The van der Waals surface area contributed by atoms with E-state index in [1.54, 1.807) is 0 Å². The lowest BCUT2D eigenvalue weighted by Gasteiger charge is -2.28. The fourth-order valence-electron chi connectivity index (χ4n) is 1.72. The highest BCUT2D eigenvalue weighted by atomic mass is 32.2. The highest BCUT2D eigenvalue weighted by Gasteiger charge is 2.26. The molecule has 0 aliphatic carbocycles. The Labute approximate surface area is 109 Å². The van der Waals surface area contributed by atoms with Gasteiger partial charge in [-0.2, -0.15) is 0 Å². The van der Waals surface area contributed by atoms with Crippen LogP contribution in [0.4, 0.5) is 11.4 Å². The second-order valence-electron chi connectivity index (χ2n) is 3.78. The fraction of sp³-hybridized carbons (Fsp3) is 0.333. The van der Waals surface area contributed by atoms with Crippen LogP contribution in [0.2, 0.25) is 0 Å². The number of anilines is 2. The van der Waals surface area contributed by atoms with Gasteiger partial charge in [-0.1, -0.05) is 0 Å². The molecule has 0 radical (unpaired) electrons. The van der Waals surface area contributed by atoms with E-state index in [9.17, 15) is 9.59 Å². The van der Waals surface area contributed by atoms with Crippen LogP contribution in [0.25, 0.3) is 0 Å². The molecule has 1 aliphatic rings. The van der Waals surface area contributed by atoms with Crippen LogP contribution in [0.15, 0.2) is 23.1 Å². The summed E-state index contributed by atoms with van der Waals surface area (Å²) in [6.45, 7) is -0.0456. The number of esters is 1. The quantitative estimate of drug-likeness (QED) is 0.837. The topological polar surface area (TPSA) is 58.6 Å². The smallest absolute Gasteiger partial charge is 0.325 e. The molecular weight excluding hydrogens is 252 g/mol. The van der Waals surface area contributed by atoms with Crippen LogP contribution in [0, 0.1) is 0 Å². The first-order valence-corrected chi connectivity index (χ1v) is 6.46. The van der Waals surface area contributed by atoms with Gasteiger partial charge < -0.3 is 10.1 Å². The number of amides is 1. The number of hydrogen-bond donors (Lipinski definition) is 1. The standard InChI is InChI=1S/C12H14N2O3S/c1-13-8-3-4-10-9(5-8)14(6-12(16)17-2)11(15)7-18-10/h3-5,13H,6-7H2,1-2H3. The van der Waals surface area contributed by atoms with E-state index in [0.29, 0.717) is 5.75 Å². The molecular formula is C12H14N2O3S.